The second-order valence-corrected chi connectivity index (χ2v) is 12.0. The highest BCUT2D eigenvalue weighted by Crippen LogP contribution is 2.27. The molecule has 3 aromatic rings. The molecule has 0 saturated carbocycles. The molecule has 1 atom stereocenters. The molecular formula is C29H33Cl2N3O5S. The highest BCUT2D eigenvalue weighted by molar-refractivity contribution is 7.92. The first-order valence-electron chi connectivity index (χ1n) is 12.8. The van der Waals surface area contributed by atoms with Crippen molar-refractivity contribution >= 4 is 50.7 Å². The lowest BCUT2D eigenvalue weighted by atomic mass is 10.1. The van der Waals surface area contributed by atoms with Crippen LogP contribution in [-0.4, -0.2) is 50.5 Å². The van der Waals surface area contributed by atoms with E-state index in [1.54, 1.807) is 61.5 Å². The normalized spacial score (nSPS) is 11.9. The van der Waals surface area contributed by atoms with E-state index in [4.69, 9.17) is 27.9 Å². The Hall–Kier alpha value is -3.27. The van der Waals surface area contributed by atoms with Gasteiger partial charge in [-0.2, -0.15) is 0 Å². The second-order valence-electron chi connectivity index (χ2n) is 9.27. The number of hydrogen-bond acceptors (Lipinski definition) is 5. The van der Waals surface area contributed by atoms with E-state index in [9.17, 15) is 18.0 Å². The van der Waals surface area contributed by atoms with E-state index >= 15 is 0 Å². The average molecular weight is 607 g/mol. The van der Waals surface area contributed by atoms with Gasteiger partial charge in [0.15, 0.2) is 0 Å². The molecule has 0 bridgehead atoms. The molecule has 0 unspecified atom stereocenters. The lowest BCUT2D eigenvalue weighted by Gasteiger charge is -2.31. The number of unbranched alkanes of at least 4 members (excludes halogenated alkanes) is 1. The van der Waals surface area contributed by atoms with Crippen LogP contribution in [0.25, 0.3) is 0 Å². The van der Waals surface area contributed by atoms with Crippen LogP contribution in [0.4, 0.5) is 5.69 Å². The minimum Gasteiger partial charge on any atom is -0.457 e. The van der Waals surface area contributed by atoms with E-state index in [2.05, 4.69) is 5.32 Å². The van der Waals surface area contributed by atoms with Crippen molar-refractivity contribution in [3.63, 3.8) is 0 Å². The maximum atomic E-state index is 13.7. The summed E-state index contributed by atoms with van der Waals surface area (Å²) in [5.74, 6) is 0.248. The molecular weight excluding hydrogens is 573 g/mol. The van der Waals surface area contributed by atoms with Crippen molar-refractivity contribution in [1.82, 2.24) is 10.2 Å². The highest BCUT2D eigenvalue weighted by Gasteiger charge is 2.30. The van der Waals surface area contributed by atoms with Gasteiger partial charge in [-0.1, -0.05) is 60.8 Å². The fourth-order valence-electron chi connectivity index (χ4n) is 3.87. The summed E-state index contributed by atoms with van der Waals surface area (Å²) in [6.45, 7) is 3.61. The third kappa shape index (κ3) is 8.87. The number of ether oxygens (including phenoxy) is 1. The zero-order valence-electron chi connectivity index (χ0n) is 22.6. The van der Waals surface area contributed by atoms with Gasteiger partial charge in [-0.15, -0.1) is 0 Å². The third-order valence-electron chi connectivity index (χ3n) is 6.12. The average Bonchev–Trinajstić information content (AvgIpc) is 2.92. The van der Waals surface area contributed by atoms with Crippen molar-refractivity contribution in [2.45, 2.75) is 39.3 Å². The van der Waals surface area contributed by atoms with Gasteiger partial charge in [0.05, 0.1) is 22.0 Å². The van der Waals surface area contributed by atoms with Gasteiger partial charge in [0.1, 0.15) is 24.1 Å². The Kier molecular flexibility index (Phi) is 11.2. The Morgan fingerprint density at radius 3 is 2.20 bits per heavy atom. The smallest absolute Gasteiger partial charge is 0.244 e. The molecule has 0 fully saturated rings. The van der Waals surface area contributed by atoms with Gasteiger partial charge in [-0.3, -0.25) is 13.9 Å². The van der Waals surface area contributed by atoms with Gasteiger partial charge in [0.25, 0.3) is 0 Å². The van der Waals surface area contributed by atoms with Crippen LogP contribution >= 0.6 is 23.2 Å². The number of benzene rings is 3. The fourth-order valence-corrected chi connectivity index (χ4v) is 5.04. The molecule has 0 aliphatic rings. The number of carbonyl (C=O) groups excluding carboxylic acids is 2. The molecule has 0 saturated heterocycles. The molecule has 214 valence electrons. The van der Waals surface area contributed by atoms with Crippen LogP contribution in [0.2, 0.25) is 10.0 Å². The van der Waals surface area contributed by atoms with Crippen LogP contribution in [0.5, 0.6) is 11.5 Å². The van der Waals surface area contributed by atoms with E-state index < -0.39 is 28.5 Å². The summed E-state index contributed by atoms with van der Waals surface area (Å²) in [7, 11) is -3.86. The van der Waals surface area contributed by atoms with Gasteiger partial charge >= 0.3 is 0 Å². The van der Waals surface area contributed by atoms with Crippen molar-refractivity contribution in [2.75, 3.05) is 23.7 Å². The van der Waals surface area contributed by atoms with E-state index in [0.29, 0.717) is 33.7 Å². The van der Waals surface area contributed by atoms with Crippen molar-refractivity contribution < 1.29 is 22.7 Å². The monoisotopic (exact) mass is 605 g/mol. The summed E-state index contributed by atoms with van der Waals surface area (Å²) >= 11 is 12.2. The SMILES string of the molecule is CCCCNC(=O)[C@@H](C)N(Cc1ccc(Cl)c(Cl)c1)C(=O)CN(c1ccc(Oc2ccccc2)cc1)S(C)(=O)=O. The lowest BCUT2D eigenvalue weighted by molar-refractivity contribution is -0.139. The maximum Gasteiger partial charge on any atom is 0.244 e. The lowest BCUT2D eigenvalue weighted by Crippen LogP contribution is -2.51. The maximum absolute atomic E-state index is 13.7. The van der Waals surface area contributed by atoms with Gasteiger partial charge in [0.2, 0.25) is 21.8 Å². The van der Waals surface area contributed by atoms with Crippen LogP contribution in [-0.2, 0) is 26.2 Å². The van der Waals surface area contributed by atoms with Crippen LogP contribution < -0.4 is 14.4 Å². The molecule has 3 aromatic carbocycles. The first-order valence-corrected chi connectivity index (χ1v) is 15.4. The van der Waals surface area contributed by atoms with Crippen LogP contribution in [0.3, 0.4) is 0 Å². The van der Waals surface area contributed by atoms with E-state index in [0.717, 1.165) is 23.4 Å². The molecule has 3 rings (SSSR count). The molecule has 0 aliphatic heterocycles. The van der Waals surface area contributed by atoms with Crippen LogP contribution in [0, 0.1) is 0 Å². The van der Waals surface area contributed by atoms with Crippen molar-refractivity contribution in [3.8, 4) is 11.5 Å². The zero-order valence-corrected chi connectivity index (χ0v) is 25.0. The van der Waals surface area contributed by atoms with Gasteiger partial charge in [-0.25, -0.2) is 8.42 Å². The van der Waals surface area contributed by atoms with Crippen molar-refractivity contribution in [1.29, 1.82) is 0 Å². The Labute approximate surface area is 245 Å². The summed E-state index contributed by atoms with van der Waals surface area (Å²) in [6.07, 6.45) is 2.73. The number of amides is 2. The molecule has 0 spiro atoms. The Bertz CT molecular complexity index is 1400. The summed E-state index contributed by atoms with van der Waals surface area (Å²) in [5.41, 5.74) is 0.926. The molecule has 0 heterocycles. The number of rotatable bonds is 13. The molecule has 8 nitrogen and oxygen atoms in total. The molecule has 40 heavy (non-hydrogen) atoms. The summed E-state index contributed by atoms with van der Waals surface area (Å²) in [6, 6.07) is 19.6. The topological polar surface area (TPSA) is 96.0 Å². The van der Waals surface area contributed by atoms with Crippen LogP contribution in [0.1, 0.15) is 32.3 Å². The van der Waals surface area contributed by atoms with Gasteiger partial charge in [-0.05, 0) is 67.4 Å². The first kappa shape index (κ1) is 31.3. The second kappa shape index (κ2) is 14.4. The number of para-hydroxylation sites is 1. The minimum atomic E-state index is -3.86. The van der Waals surface area contributed by atoms with Crippen molar-refractivity contribution in [2.24, 2.45) is 0 Å². The number of sulfonamides is 1. The van der Waals surface area contributed by atoms with Gasteiger partial charge < -0.3 is 15.0 Å². The Balaban J connectivity index is 1.85. The summed E-state index contributed by atoms with van der Waals surface area (Å²) in [4.78, 5) is 27.9. The predicted octanol–water partition coefficient (Wildman–Crippen LogP) is 5.89. The number of carbonyl (C=O) groups is 2. The van der Waals surface area contributed by atoms with Crippen molar-refractivity contribution in [3.05, 3.63) is 88.4 Å². The standard InChI is InChI=1S/C29H33Cl2N3O5S/c1-4-5-17-32-29(36)21(2)33(19-22-11-16-26(30)27(31)18-22)28(35)20-34(40(3,37)38)23-12-14-25(15-13-23)39-24-9-7-6-8-10-24/h6-16,18,21H,4-5,17,19-20H2,1-3H3,(H,32,36)/t21-/m1/s1. The number of halogens is 2. The molecule has 11 heteroatoms. The van der Waals surface area contributed by atoms with E-state index in [1.807, 2.05) is 25.1 Å². The summed E-state index contributed by atoms with van der Waals surface area (Å²) < 4.78 is 32.4. The number of nitrogens with zero attached hydrogens (tertiary/aromatic N) is 2. The quantitative estimate of drug-likeness (QED) is 0.245. The Morgan fingerprint density at radius 2 is 1.60 bits per heavy atom. The van der Waals surface area contributed by atoms with Crippen LogP contribution in [0.15, 0.2) is 72.8 Å². The molecule has 0 radical (unpaired) electrons. The van der Waals surface area contributed by atoms with Gasteiger partial charge in [0, 0.05) is 13.1 Å². The molecule has 0 aromatic heterocycles. The van der Waals surface area contributed by atoms with E-state index in [1.165, 1.54) is 4.90 Å². The highest BCUT2D eigenvalue weighted by atomic mass is 35.5. The first-order chi connectivity index (χ1) is 19.0. The molecule has 2 amide bonds. The minimum absolute atomic E-state index is 0.0273. The fraction of sp³-hybridized carbons (Fsp3) is 0.310. The largest absolute Gasteiger partial charge is 0.457 e. The molecule has 0 aliphatic carbocycles. The summed E-state index contributed by atoms with van der Waals surface area (Å²) in [5, 5.41) is 3.51. The number of nitrogens with one attached hydrogen (secondary N) is 1. The Morgan fingerprint density at radius 1 is 0.950 bits per heavy atom. The third-order valence-corrected chi connectivity index (χ3v) is 8.00. The van der Waals surface area contributed by atoms with E-state index in [-0.39, 0.29) is 18.1 Å². The zero-order chi connectivity index (χ0) is 29.3. The molecule has 1 N–H and O–H groups in total. The number of hydrogen-bond donors (Lipinski definition) is 1. The number of anilines is 1. The predicted molar refractivity (Wildman–Crippen MR) is 160 cm³/mol.